The van der Waals surface area contributed by atoms with Crippen molar-refractivity contribution in [3.05, 3.63) is 71.9 Å². The molecule has 0 unspecified atom stereocenters. The molecule has 6 heteroatoms. The van der Waals surface area contributed by atoms with E-state index in [2.05, 4.69) is 10.3 Å². The van der Waals surface area contributed by atoms with Crippen molar-refractivity contribution in [1.29, 1.82) is 0 Å². The predicted molar refractivity (Wildman–Crippen MR) is 88.8 cm³/mol. The molecule has 0 atom stereocenters. The number of oxazole rings is 1. The summed E-state index contributed by atoms with van der Waals surface area (Å²) in [7, 11) is 0. The van der Waals surface area contributed by atoms with Crippen molar-refractivity contribution in [1.82, 2.24) is 10.3 Å². The van der Waals surface area contributed by atoms with Gasteiger partial charge in [0, 0.05) is 17.8 Å². The third kappa shape index (κ3) is 3.78. The van der Waals surface area contributed by atoms with Gasteiger partial charge in [-0.3, -0.25) is 4.79 Å². The topological polar surface area (TPSA) is 81.1 Å². The quantitative estimate of drug-likeness (QED) is 0.707. The number of hydrogen-bond acceptors (Lipinski definition) is 4. The van der Waals surface area contributed by atoms with Crippen LogP contribution < -0.4 is 11.1 Å². The van der Waals surface area contributed by atoms with Gasteiger partial charge in [0.2, 0.25) is 5.89 Å². The van der Waals surface area contributed by atoms with Crippen molar-refractivity contribution < 1.29 is 13.6 Å². The lowest BCUT2D eigenvalue weighted by Crippen LogP contribution is -2.25. The molecular weight excluding hydrogens is 309 g/mol. The second-order valence-corrected chi connectivity index (χ2v) is 5.29. The number of nitrogens with two attached hydrogens (primary N) is 1. The van der Waals surface area contributed by atoms with E-state index in [9.17, 15) is 9.18 Å². The smallest absolute Gasteiger partial charge is 0.273 e. The van der Waals surface area contributed by atoms with Gasteiger partial charge in [0.05, 0.1) is 0 Å². The van der Waals surface area contributed by atoms with E-state index in [1.165, 1.54) is 18.4 Å². The third-order valence-corrected chi connectivity index (χ3v) is 3.51. The maximum Gasteiger partial charge on any atom is 0.273 e. The Labute approximate surface area is 138 Å². The number of anilines is 1. The van der Waals surface area contributed by atoms with Gasteiger partial charge in [-0.2, -0.15) is 0 Å². The van der Waals surface area contributed by atoms with Gasteiger partial charge in [-0.15, -0.1) is 0 Å². The summed E-state index contributed by atoms with van der Waals surface area (Å²) in [6.45, 7) is 0.425. The molecule has 0 bridgehead atoms. The van der Waals surface area contributed by atoms with Gasteiger partial charge in [0.25, 0.3) is 5.91 Å². The minimum absolute atomic E-state index is 0.209. The fourth-order valence-corrected chi connectivity index (χ4v) is 2.20. The van der Waals surface area contributed by atoms with Crippen LogP contribution in [0.5, 0.6) is 0 Å². The molecule has 3 rings (SSSR count). The number of nitrogens with zero attached hydrogens (tertiary/aromatic N) is 1. The van der Waals surface area contributed by atoms with E-state index in [0.717, 1.165) is 11.1 Å². The molecule has 0 aliphatic heterocycles. The molecule has 0 aliphatic rings. The Morgan fingerprint density at radius 2 is 1.83 bits per heavy atom. The fraction of sp³-hybridized carbons (Fsp3) is 0.111. The van der Waals surface area contributed by atoms with Gasteiger partial charge in [-0.25, -0.2) is 9.37 Å². The molecule has 122 valence electrons. The lowest BCUT2D eigenvalue weighted by molar-refractivity contribution is 0.0949. The maximum atomic E-state index is 12.8. The molecule has 3 aromatic rings. The van der Waals surface area contributed by atoms with E-state index in [1.54, 1.807) is 36.4 Å². The van der Waals surface area contributed by atoms with Gasteiger partial charge in [0.1, 0.15) is 12.1 Å². The second kappa shape index (κ2) is 6.95. The Balaban J connectivity index is 1.57. The molecule has 2 aromatic carbocycles. The molecule has 3 N–H and O–H groups in total. The van der Waals surface area contributed by atoms with Crippen molar-refractivity contribution in [2.45, 2.75) is 6.42 Å². The molecule has 0 spiro atoms. The highest BCUT2D eigenvalue weighted by Crippen LogP contribution is 2.19. The second-order valence-electron chi connectivity index (χ2n) is 5.29. The number of hydrogen-bond donors (Lipinski definition) is 2. The number of nitrogens with one attached hydrogen (secondary N) is 1. The number of carbonyl (C=O) groups excluding carboxylic acids is 1. The van der Waals surface area contributed by atoms with Crippen LogP contribution in [-0.2, 0) is 6.42 Å². The van der Waals surface area contributed by atoms with Gasteiger partial charge >= 0.3 is 0 Å². The molecule has 0 saturated carbocycles. The van der Waals surface area contributed by atoms with Crippen molar-refractivity contribution in [3.63, 3.8) is 0 Å². The standard InChI is InChI=1S/C18H16FN3O2/c19-14-5-1-12(2-6-14)9-10-21-17(23)16-11-24-18(22-16)13-3-7-15(20)8-4-13/h1-8,11H,9-10,20H2,(H,21,23). The number of aromatic nitrogens is 1. The molecule has 1 amide bonds. The molecule has 0 fully saturated rings. The van der Waals surface area contributed by atoms with Crippen LogP contribution in [0.4, 0.5) is 10.1 Å². The Morgan fingerprint density at radius 3 is 2.54 bits per heavy atom. The monoisotopic (exact) mass is 325 g/mol. The summed E-state index contributed by atoms with van der Waals surface area (Å²) in [5, 5.41) is 2.76. The Kier molecular flexibility index (Phi) is 4.56. The van der Waals surface area contributed by atoms with Gasteiger partial charge in [-0.05, 0) is 48.4 Å². The van der Waals surface area contributed by atoms with Crippen LogP contribution in [0.2, 0.25) is 0 Å². The van der Waals surface area contributed by atoms with E-state index >= 15 is 0 Å². The van der Waals surface area contributed by atoms with E-state index in [4.69, 9.17) is 10.2 Å². The first-order valence-electron chi connectivity index (χ1n) is 7.46. The highest BCUT2D eigenvalue weighted by atomic mass is 19.1. The van der Waals surface area contributed by atoms with Gasteiger partial charge in [-0.1, -0.05) is 12.1 Å². The van der Waals surface area contributed by atoms with Crippen LogP contribution in [0.25, 0.3) is 11.5 Å². The van der Waals surface area contributed by atoms with Gasteiger partial charge in [0.15, 0.2) is 5.69 Å². The van der Waals surface area contributed by atoms with Crippen LogP contribution in [0.3, 0.4) is 0 Å². The van der Waals surface area contributed by atoms with Crippen molar-refractivity contribution >= 4 is 11.6 Å². The van der Waals surface area contributed by atoms with Crippen LogP contribution in [0.15, 0.2) is 59.2 Å². The highest BCUT2D eigenvalue weighted by Gasteiger charge is 2.13. The largest absolute Gasteiger partial charge is 0.444 e. The van der Waals surface area contributed by atoms with Crippen molar-refractivity contribution in [3.8, 4) is 11.5 Å². The van der Waals surface area contributed by atoms with Gasteiger partial charge < -0.3 is 15.5 Å². The van der Waals surface area contributed by atoms with E-state index in [0.29, 0.717) is 24.5 Å². The Bertz CT molecular complexity index is 826. The zero-order valence-electron chi connectivity index (χ0n) is 12.8. The fourth-order valence-electron chi connectivity index (χ4n) is 2.20. The molecular formula is C18H16FN3O2. The summed E-state index contributed by atoms with van der Waals surface area (Å²) >= 11 is 0. The lowest BCUT2D eigenvalue weighted by Gasteiger charge is -2.03. The molecule has 1 aromatic heterocycles. The van der Waals surface area contributed by atoms with Crippen LogP contribution in [0, 0.1) is 5.82 Å². The van der Waals surface area contributed by atoms with Crippen LogP contribution in [0.1, 0.15) is 16.1 Å². The number of halogens is 1. The Hall–Kier alpha value is -3.15. The molecule has 0 aliphatic carbocycles. The zero-order chi connectivity index (χ0) is 16.9. The normalized spacial score (nSPS) is 10.5. The van der Waals surface area contributed by atoms with E-state index in [-0.39, 0.29) is 17.4 Å². The molecule has 0 radical (unpaired) electrons. The highest BCUT2D eigenvalue weighted by molar-refractivity contribution is 5.92. The summed E-state index contributed by atoms with van der Waals surface area (Å²) in [5.74, 6) is -0.234. The van der Waals surface area contributed by atoms with Crippen molar-refractivity contribution in [2.24, 2.45) is 0 Å². The first-order chi connectivity index (χ1) is 11.6. The minimum atomic E-state index is -0.317. The number of carbonyl (C=O) groups is 1. The average Bonchev–Trinajstić information content (AvgIpc) is 3.07. The maximum absolute atomic E-state index is 12.8. The van der Waals surface area contributed by atoms with E-state index in [1.807, 2.05) is 0 Å². The first kappa shape index (κ1) is 15.7. The summed E-state index contributed by atoms with van der Waals surface area (Å²) in [4.78, 5) is 16.3. The summed E-state index contributed by atoms with van der Waals surface area (Å²) in [5.41, 5.74) is 8.17. The summed E-state index contributed by atoms with van der Waals surface area (Å²) in [6, 6.07) is 13.2. The van der Waals surface area contributed by atoms with Crippen molar-refractivity contribution in [2.75, 3.05) is 12.3 Å². The van der Waals surface area contributed by atoms with Crippen LogP contribution in [-0.4, -0.2) is 17.4 Å². The first-order valence-corrected chi connectivity index (χ1v) is 7.46. The minimum Gasteiger partial charge on any atom is -0.444 e. The number of rotatable bonds is 5. The molecule has 5 nitrogen and oxygen atoms in total. The average molecular weight is 325 g/mol. The predicted octanol–water partition coefficient (Wildman–Crippen LogP) is 3.04. The number of nitrogen functional groups attached to an aromatic ring is 1. The number of amides is 1. The summed E-state index contributed by atoms with van der Waals surface area (Å²) < 4.78 is 18.2. The third-order valence-electron chi connectivity index (χ3n) is 3.51. The molecule has 1 heterocycles. The Morgan fingerprint density at radius 1 is 1.12 bits per heavy atom. The number of benzene rings is 2. The SMILES string of the molecule is Nc1ccc(-c2nc(C(=O)NCCc3ccc(F)cc3)co2)cc1. The van der Waals surface area contributed by atoms with E-state index < -0.39 is 0 Å². The molecule has 24 heavy (non-hydrogen) atoms. The van der Waals surface area contributed by atoms with Crippen LogP contribution >= 0.6 is 0 Å². The zero-order valence-corrected chi connectivity index (χ0v) is 12.8. The summed E-state index contributed by atoms with van der Waals surface area (Å²) in [6.07, 6.45) is 1.92. The lowest BCUT2D eigenvalue weighted by atomic mass is 10.1. The molecule has 0 saturated heterocycles.